The van der Waals surface area contributed by atoms with Crippen molar-refractivity contribution in [3.8, 4) is 0 Å². The van der Waals surface area contributed by atoms with Gasteiger partial charge in [-0.2, -0.15) is 0 Å². The molecule has 0 atom stereocenters. The zero-order valence-corrected chi connectivity index (χ0v) is 13.7. The van der Waals surface area contributed by atoms with Gasteiger partial charge in [-0.3, -0.25) is 4.79 Å². The summed E-state index contributed by atoms with van der Waals surface area (Å²) in [5.74, 6) is 0.150. The molecule has 0 aromatic rings. The minimum atomic E-state index is 0.103. The average molecular weight is 271 g/mol. The summed E-state index contributed by atoms with van der Waals surface area (Å²) in [6.07, 6.45) is 2.45. The summed E-state index contributed by atoms with van der Waals surface area (Å²) in [5.41, 5.74) is 5.84. The highest BCUT2D eigenvalue weighted by Gasteiger charge is 2.21. The van der Waals surface area contributed by atoms with Gasteiger partial charge in [0.15, 0.2) is 0 Å². The van der Waals surface area contributed by atoms with Crippen LogP contribution in [0.2, 0.25) is 0 Å². The summed E-state index contributed by atoms with van der Waals surface area (Å²) < 4.78 is 0. The molecule has 0 radical (unpaired) electrons. The smallest absolute Gasteiger partial charge is 0.220 e. The first-order valence-electron chi connectivity index (χ1n) is 7.19. The third-order valence-electron chi connectivity index (χ3n) is 3.36. The molecule has 0 aliphatic rings. The van der Waals surface area contributed by atoms with E-state index in [4.69, 9.17) is 5.73 Å². The third kappa shape index (κ3) is 9.91. The lowest BCUT2D eigenvalue weighted by Crippen LogP contribution is -2.40. The topological polar surface area (TPSA) is 58.4 Å². The van der Waals surface area contributed by atoms with Gasteiger partial charge in [0.2, 0.25) is 5.91 Å². The fourth-order valence-electron chi connectivity index (χ4n) is 2.31. The number of nitrogens with zero attached hydrogens (tertiary/aromatic N) is 1. The number of hydrogen-bond donors (Lipinski definition) is 2. The Morgan fingerprint density at radius 2 is 1.68 bits per heavy atom. The number of hydrogen-bond acceptors (Lipinski definition) is 3. The van der Waals surface area contributed by atoms with E-state index in [0.717, 1.165) is 25.9 Å². The van der Waals surface area contributed by atoms with E-state index in [1.165, 1.54) is 0 Å². The summed E-state index contributed by atoms with van der Waals surface area (Å²) in [6, 6.07) is 0. The van der Waals surface area contributed by atoms with E-state index in [1.54, 1.807) is 0 Å². The van der Waals surface area contributed by atoms with Crippen LogP contribution in [-0.4, -0.2) is 44.5 Å². The van der Waals surface area contributed by atoms with Gasteiger partial charge in [0.05, 0.1) is 0 Å². The van der Waals surface area contributed by atoms with E-state index in [2.05, 4.69) is 52.0 Å². The molecule has 4 heteroatoms. The Kier molecular flexibility index (Phi) is 7.60. The van der Waals surface area contributed by atoms with Gasteiger partial charge in [0.1, 0.15) is 0 Å². The van der Waals surface area contributed by atoms with E-state index in [9.17, 15) is 4.79 Å². The first-order valence-corrected chi connectivity index (χ1v) is 7.19. The van der Waals surface area contributed by atoms with Crippen molar-refractivity contribution in [2.24, 2.45) is 16.6 Å². The lowest BCUT2D eigenvalue weighted by Gasteiger charge is -2.29. The summed E-state index contributed by atoms with van der Waals surface area (Å²) in [7, 11) is 4.11. The van der Waals surface area contributed by atoms with Gasteiger partial charge in [0.25, 0.3) is 0 Å². The van der Waals surface area contributed by atoms with Gasteiger partial charge in [-0.05, 0) is 44.3 Å². The molecule has 0 aromatic carbocycles. The van der Waals surface area contributed by atoms with Gasteiger partial charge in [-0.25, -0.2) is 0 Å². The van der Waals surface area contributed by atoms with Crippen LogP contribution in [0.1, 0.15) is 47.0 Å². The van der Waals surface area contributed by atoms with Crippen LogP contribution in [0.15, 0.2) is 0 Å². The fourth-order valence-corrected chi connectivity index (χ4v) is 2.31. The molecule has 0 bridgehead atoms. The normalized spacial score (nSPS) is 12.8. The van der Waals surface area contributed by atoms with Crippen LogP contribution < -0.4 is 11.1 Å². The predicted molar refractivity (Wildman–Crippen MR) is 82.0 cm³/mol. The maximum absolute atomic E-state index is 11.9. The third-order valence-corrected chi connectivity index (χ3v) is 3.36. The number of nitrogens with one attached hydrogen (secondary N) is 1. The van der Waals surface area contributed by atoms with Crippen LogP contribution in [0.4, 0.5) is 0 Å². The number of amides is 1. The molecule has 1 amide bonds. The molecular weight excluding hydrogens is 238 g/mol. The number of carbonyl (C=O) groups is 1. The molecule has 0 rings (SSSR count). The largest absolute Gasteiger partial charge is 0.356 e. The Labute approximate surface area is 119 Å². The maximum atomic E-state index is 11.9. The molecule has 0 unspecified atom stereocenters. The molecule has 0 spiro atoms. The molecule has 4 nitrogen and oxygen atoms in total. The Hall–Kier alpha value is -0.610. The van der Waals surface area contributed by atoms with Crippen molar-refractivity contribution >= 4 is 5.91 Å². The molecule has 114 valence electrons. The second-order valence-corrected chi connectivity index (χ2v) is 7.38. The predicted octanol–water partition coefficient (Wildman–Crippen LogP) is 1.85. The standard InChI is InChI=1S/C15H33N3O/c1-14(2,9-10-16)8-7-13(19)17-11-15(3,4)12-18(5)6/h7-12,16H2,1-6H3,(H,17,19). The molecule has 0 saturated heterocycles. The van der Waals surface area contributed by atoms with Crippen molar-refractivity contribution in [2.75, 3.05) is 33.7 Å². The van der Waals surface area contributed by atoms with E-state index in [0.29, 0.717) is 13.0 Å². The highest BCUT2D eigenvalue weighted by atomic mass is 16.1. The highest BCUT2D eigenvalue weighted by Crippen LogP contribution is 2.25. The monoisotopic (exact) mass is 271 g/mol. The first-order chi connectivity index (χ1) is 8.58. The van der Waals surface area contributed by atoms with Crippen molar-refractivity contribution in [1.29, 1.82) is 0 Å². The van der Waals surface area contributed by atoms with Crippen molar-refractivity contribution in [2.45, 2.75) is 47.0 Å². The molecule has 0 heterocycles. The quantitative estimate of drug-likeness (QED) is 0.673. The number of rotatable bonds is 9. The molecule has 0 aliphatic carbocycles. The summed E-state index contributed by atoms with van der Waals surface area (Å²) in [5, 5.41) is 3.05. The van der Waals surface area contributed by atoms with Crippen LogP contribution in [-0.2, 0) is 4.79 Å². The second kappa shape index (κ2) is 7.85. The van der Waals surface area contributed by atoms with Gasteiger partial charge in [0, 0.05) is 19.5 Å². The molecule has 0 aromatic heterocycles. The SMILES string of the molecule is CN(C)CC(C)(C)CNC(=O)CCC(C)(C)CCN. The van der Waals surface area contributed by atoms with Gasteiger partial charge in [-0.1, -0.05) is 27.7 Å². The lowest BCUT2D eigenvalue weighted by atomic mass is 9.84. The zero-order chi connectivity index (χ0) is 15.1. The van der Waals surface area contributed by atoms with Gasteiger partial charge >= 0.3 is 0 Å². The molecule has 19 heavy (non-hydrogen) atoms. The number of nitrogens with two attached hydrogens (primary N) is 1. The molecule has 3 N–H and O–H groups in total. The Balaban J connectivity index is 3.99. The van der Waals surface area contributed by atoms with Crippen molar-refractivity contribution in [1.82, 2.24) is 10.2 Å². The summed E-state index contributed by atoms with van der Waals surface area (Å²) in [4.78, 5) is 14.0. The Morgan fingerprint density at radius 1 is 1.11 bits per heavy atom. The highest BCUT2D eigenvalue weighted by molar-refractivity contribution is 5.75. The minimum absolute atomic E-state index is 0.103. The minimum Gasteiger partial charge on any atom is -0.356 e. The lowest BCUT2D eigenvalue weighted by molar-refractivity contribution is -0.122. The van der Waals surface area contributed by atoms with Crippen LogP contribution in [0.3, 0.4) is 0 Å². The fraction of sp³-hybridized carbons (Fsp3) is 0.933. The van der Waals surface area contributed by atoms with Crippen LogP contribution >= 0.6 is 0 Å². The van der Waals surface area contributed by atoms with Gasteiger partial charge < -0.3 is 16.0 Å². The molecular formula is C15H33N3O. The van der Waals surface area contributed by atoms with Gasteiger partial charge in [-0.15, -0.1) is 0 Å². The van der Waals surface area contributed by atoms with Crippen molar-refractivity contribution < 1.29 is 4.79 Å². The molecule has 0 aliphatic heterocycles. The summed E-state index contributed by atoms with van der Waals surface area (Å²) >= 11 is 0. The van der Waals surface area contributed by atoms with E-state index in [-0.39, 0.29) is 16.7 Å². The maximum Gasteiger partial charge on any atom is 0.220 e. The van der Waals surface area contributed by atoms with E-state index in [1.807, 2.05) is 0 Å². The Morgan fingerprint density at radius 3 is 2.16 bits per heavy atom. The first kappa shape index (κ1) is 18.4. The number of carbonyl (C=O) groups excluding carboxylic acids is 1. The van der Waals surface area contributed by atoms with Crippen LogP contribution in [0, 0.1) is 10.8 Å². The van der Waals surface area contributed by atoms with E-state index >= 15 is 0 Å². The second-order valence-electron chi connectivity index (χ2n) is 7.38. The Bertz CT molecular complexity index is 273. The average Bonchev–Trinajstić information content (AvgIpc) is 2.22. The van der Waals surface area contributed by atoms with E-state index < -0.39 is 0 Å². The molecule has 0 fully saturated rings. The summed E-state index contributed by atoms with van der Waals surface area (Å²) in [6.45, 7) is 11.1. The van der Waals surface area contributed by atoms with Crippen molar-refractivity contribution in [3.05, 3.63) is 0 Å². The zero-order valence-electron chi connectivity index (χ0n) is 13.7. The van der Waals surface area contributed by atoms with Crippen molar-refractivity contribution in [3.63, 3.8) is 0 Å². The molecule has 0 saturated carbocycles. The van der Waals surface area contributed by atoms with Crippen LogP contribution in [0.5, 0.6) is 0 Å². The van der Waals surface area contributed by atoms with Crippen LogP contribution in [0.25, 0.3) is 0 Å².